The van der Waals surface area contributed by atoms with E-state index in [2.05, 4.69) is 39.0 Å². The average molecular weight is 404 g/mol. The summed E-state index contributed by atoms with van der Waals surface area (Å²) in [5, 5.41) is 0.467. The van der Waals surface area contributed by atoms with Crippen LogP contribution >= 0.6 is 0 Å². The van der Waals surface area contributed by atoms with E-state index in [1.165, 1.54) is 12.8 Å². The van der Waals surface area contributed by atoms with E-state index in [0.29, 0.717) is 5.04 Å². The molecule has 3 aliphatic rings. The van der Waals surface area contributed by atoms with Crippen LogP contribution in [0.3, 0.4) is 0 Å². The van der Waals surface area contributed by atoms with Crippen LogP contribution in [0.4, 0.5) is 0 Å². The Hall–Kier alpha value is 0.640. The summed E-state index contributed by atoms with van der Waals surface area (Å²) in [4.78, 5) is 0. The molecule has 0 saturated carbocycles. The fraction of sp³-hybridized carbons (Fsp3) is 0.500. The zero-order valence-electron chi connectivity index (χ0n) is 12.4. The van der Waals surface area contributed by atoms with Crippen LogP contribution in [-0.4, -0.2) is 8.80 Å². The molecule has 2 aliphatic carbocycles. The maximum atomic E-state index is 2.44. The molecule has 0 aromatic carbocycles. The van der Waals surface area contributed by atoms with E-state index >= 15 is 0 Å². The predicted molar refractivity (Wildman–Crippen MR) is 77.0 cm³/mol. The van der Waals surface area contributed by atoms with Gasteiger partial charge >= 0.3 is 128 Å². The molecule has 3 rings (SSSR count). The van der Waals surface area contributed by atoms with Crippen LogP contribution in [0.2, 0.25) is 17.1 Å². The fourth-order valence-corrected chi connectivity index (χ4v) is 10.7. The van der Waals surface area contributed by atoms with Crippen LogP contribution in [-0.2, 0) is 24.7 Å². The van der Waals surface area contributed by atoms with E-state index in [-0.39, 0.29) is 24.8 Å². The van der Waals surface area contributed by atoms with Gasteiger partial charge in [-0.15, -0.1) is 0 Å². The molecule has 107 valence electrons. The summed E-state index contributed by atoms with van der Waals surface area (Å²) in [6, 6.07) is 3.13. The van der Waals surface area contributed by atoms with E-state index in [1.54, 1.807) is 62.4 Å². The van der Waals surface area contributed by atoms with Crippen molar-refractivity contribution in [1.29, 1.82) is 0 Å². The predicted octanol–water partition coefficient (Wildman–Crippen LogP) is -1.58. The van der Waals surface area contributed by atoms with Crippen molar-refractivity contribution >= 4 is 8.80 Å². The Bertz CT molecular complexity index is 501. The van der Waals surface area contributed by atoms with Crippen LogP contribution in [0, 0.1) is 0 Å². The van der Waals surface area contributed by atoms with E-state index in [1.807, 2.05) is 0 Å². The van der Waals surface area contributed by atoms with Crippen molar-refractivity contribution in [2.45, 2.75) is 50.7 Å². The fourth-order valence-electron chi connectivity index (χ4n) is 4.00. The summed E-state index contributed by atoms with van der Waals surface area (Å²) in [5.41, 5.74) is 6.68. The van der Waals surface area contributed by atoms with Gasteiger partial charge in [-0.2, -0.15) is 0 Å². The van der Waals surface area contributed by atoms with Gasteiger partial charge in [-0.3, -0.25) is 0 Å². The maximum absolute atomic E-state index is 2.44. The molecule has 1 atom stereocenters. The summed E-state index contributed by atoms with van der Waals surface area (Å²) in [6.45, 7) is 7.15. The monoisotopic (exact) mass is 401 g/mol. The molecule has 0 nitrogen and oxygen atoms in total. The topological polar surface area (TPSA) is 0 Å². The van der Waals surface area contributed by atoms with Gasteiger partial charge in [0.2, 0.25) is 0 Å². The van der Waals surface area contributed by atoms with Crippen molar-refractivity contribution in [3.05, 3.63) is 43.8 Å². The van der Waals surface area contributed by atoms with E-state index < -0.39 is 8.80 Å². The Kier molecular flexibility index (Phi) is 6.37. The second kappa shape index (κ2) is 6.82. The van der Waals surface area contributed by atoms with Gasteiger partial charge in [-0.1, -0.05) is 0 Å². The number of hydrogen-bond donors (Lipinski definition) is 0. The van der Waals surface area contributed by atoms with Crippen molar-refractivity contribution in [1.82, 2.24) is 0 Å². The zero-order valence-corrected chi connectivity index (χ0v) is 17.5. The molecule has 1 aliphatic heterocycles. The van der Waals surface area contributed by atoms with E-state index in [9.17, 15) is 0 Å². The molecule has 0 bridgehead atoms. The molecule has 1 saturated heterocycles. The van der Waals surface area contributed by atoms with Crippen molar-refractivity contribution in [2.75, 3.05) is 0 Å². The van der Waals surface area contributed by atoms with Crippen molar-refractivity contribution in [3.8, 4) is 0 Å². The van der Waals surface area contributed by atoms with Gasteiger partial charge in [0.05, 0.1) is 0 Å². The Morgan fingerprint density at radius 2 is 1.75 bits per heavy atom. The van der Waals surface area contributed by atoms with E-state index in [0.717, 1.165) is 0 Å². The van der Waals surface area contributed by atoms with Crippen molar-refractivity contribution < 1.29 is 49.5 Å². The normalized spacial score (nSPS) is 29.1. The second-order valence-corrected chi connectivity index (χ2v) is 10.7. The first-order valence-corrected chi connectivity index (χ1v) is 10.5. The van der Waals surface area contributed by atoms with E-state index in [4.69, 9.17) is 0 Å². The Morgan fingerprint density at radius 1 is 1.10 bits per heavy atom. The third-order valence-corrected chi connectivity index (χ3v) is 12.6. The summed E-state index contributed by atoms with van der Waals surface area (Å²) in [5.74, 6) is 0. The first kappa shape index (κ1) is 18.7. The first-order valence-electron chi connectivity index (χ1n) is 7.07. The maximum Gasteiger partial charge on any atom is -1.00 e. The molecule has 1 heterocycles. The van der Waals surface area contributed by atoms with Gasteiger partial charge in [0.25, 0.3) is 0 Å². The summed E-state index contributed by atoms with van der Waals surface area (Å²) in [7, 11) is -0.636. The summed E-state index contributed by atoms with van der Waals surface area (Å²) >= 11 is 1.66. The molecule has 0 amide bonds. The molecular formula is C16H21Cl2SiZr. The third kappa shape index (κ3) is 2.35. The molecule has 0 N–H and O–H groups in total. The van der Waals surface area contributed by atoms with Gasteiger partial charge in [0.1, 0.15) is 0 Å². The molecule has 0 aromatic rings. The summed E-state index contributed by atoms with van der Waals surface area (Å²) in [6.07, 6.45) is 9.77. The Labute approximate surface area is 152 Å². The zero-order chi connectivity index (χ0) is 12.9. The molecule has 0 radical (unpaired) electrons. The Morgan fingerprint density at radius 3 is 2.10 bits per heavy atom. The smallest absolute Gasteiger partial charge is 1.00 e. The van der Waals surface area contributed by atoms with Crippen LogP contribution in [0.1, 0.15) is 33.6 Å². The first-order chi connectivity index (χ1) is 8.60. The van der Waals surface area contributed by atoms with Crippen LogP contribution in [0.15, 0.2) is 43.8 Å². The second-order valence-electron chi connectivity index (χ2n) is 6.01. The van der Waals surface area contributed by atoms with Crippen LogP contribution in [0.25, 0.3) is 0 Å². The summed E-state index contributed by atoms with van der Waals surface area (Å²) < 4.78 is 1.79. The van der Waals surface area contributed by atoms with Crippen molar-refractivity contribution in [3.63, 3.8) is 0 Å². The van der Waals surface area contributed by atoms with Gasteiger partial charge in [-0.25, -0.2) is 0 Å². The minimum absolute atomic E-state index is 0. The Balaban J connectivity index is 0.000001000. The third-order valence-electron chi connectivity index (χ3n) is 5.48. The number of allylic oxidation sites excluding steroid dienone is 8. The van der Waals surface area contributed by atoms with Gasteiger partial charge in [-0.05, 0) is 0 Å². The molecule has 0 spiro atoms. The number of rotatable bonds is 2. The molecule has 4 heteroatoms. The minimum Gasteiger partial charge on any atom is -1.00 e. The molecule has 20 heavy (non-hydrogen) atoms. The van der Waals surface area contributed by atoms with Gasteiger partial charge < -0.3 is 24.8 Å². The minimum atomic E-state index is -0.636. The van der Waals surface area contributed by atoms with Crippen LogP contribution < -0.4 is 24.8 Å². The quantitative estimate of drug-likeness (QED) is 0.489. The largest absolute Gasteiger partial charge is 1.00 e. The average Bonchev–Trinajstić information content (AvgIpc) is 2.87. The molecule has 0 aromatic heterocycles. The number of hydrogen-bond acceptors (Lipinski definition) is 0. The van der Waals surface area contributed by atoms with Gasteiger partial charge in [0.15, 0.2) is 0 Å². The SMILES string of the molecule is CC1=C(C)C(C2=CC=CC2)([SiH]2CCC2)[C]([Zr+2])=C1C.[Cl-].[Cl-]. The van der Waals surface area contributed by atoms with Crippen LogP contribution in [0.5, 0.6) is 0 Å². The molecule has 1 fully saturated rings. The van der Waals surface area contributed by atoms with Gasteiger partial charge in [0, 0.05) is 0 Å². The number of halogens is 2. The molecule has 1 unspecified atom stereocenters. The van der Waals surface area contributed by atoms with Crippen molar-refractivity contribution in [2.24, 2.45) is 0 Å². The molecular weight excluding hydrogens is 382 g/mol. The standard InChI is InChI=1S/C16H21Si.2ClH.Zr/c1-12-11-16(14(3)13(12)2,17-9-6-10-17)15-7-4-5-8-15;;;/h4-5,7,17H,6,8-10H2,1-3H3;2*1H;/q;;;+2/p-2.